The van der Waals surface area contributed by atoms with Crippen LogP contribution in [-0.4, -0.2) is 22.0 Å². The smallest absolute Gasteiger partial charge is 0.254 e. The summed E-state index contributed by atoms with van der Waals surface area (Å²) in [6.45, 7) is 3.61. The van der Waals surface area contributed by atoms with Gasteiger partial charge >= 0.3 is 0 Å². The normalized spacial score (nSPS) is 11.1. The van der Waals surface area contributed by atoms with Crippen LogP contribution in [0.1, 0.15) is 29.8 Å². The molecule has 0 aliphatic heterocycles. The fraction of sp³-hybridized carbons (Fsp3) is 0.214. The third-order valence-corrected chi connectivity index (χ3v) is 3.21. The Labute approximate surface area is 116 Å². The molecular formula is C14H16N4O2. The topological polar surface area (TPSA) is 101 Å². The maximum Gasteiger partial charge on any atom is 0.254 e. The minimum atomic E-state index is -0.749. The third kappa shape index (κ3) is 2.54. The minimum absolute atomic E-state index is 0.155. The minimum Gasteiger partial charge on any atom is -0.365 e. The summed E-state index contributed by atoms with van der Waals surface area (Å²) in [7, 11) is 0. The largest absolute Gasteiger partial charge is 0.365 e. The summed E-state index contributed by atoms with van der Waals surface area (Å²) < 4.78 is 0. The predicted molar refractivity (Wildman–Crippen MR) is 75.2 cm³/mol. The highest BCUT2D eigenvalue weighted by Gasteiger charge is 2.30. The van der Waals surface area contributed by atoms with Crippen LogP contribution in [0.3, 0.4) is 0 Å². The van der Waals surface area contributed by atoms with Crippen LogP contribution < -0.4 is 11.1 Å². The molecule has 104 valence electrons. The Morgan fingerprint density at radius 3 is 2.50 bits per heavy atom. The highest BCUT2D eigenvalue weighted by Crippen LogP contribution is 2.25. The molecule has 0 bridgehead atoms. The number of nitrogens with one attached hydrogen (secondary N) is 2. The molecule has 0 radical (unpaired) electrons. The van der Waals surface area contributed by atoms with E-state index >= 15 is 0 Å². The van der Waals surface area contributed by atoms with Crippen LogP contribution in [0, 0.1) is 0 Å². The van der Waals surface area contributed by atoms with Crippen molar-refractivity contribution in [2.75, 3.05) is 5.32 Å². The number of rotatable bonds is 4. The lowest BCUT2D eigenvalue weighted by atomic mass is 9.84. The number of aromatic amines is 1. The van der Waals surface area contributed by atoms with Gasteiger partial charge in [-0.3, -0.25) is 14.7 Å². The second kappa shape index (κ2) is 5.16. The third-order valence-electron chi connectivity index (χ3n) is 3.21. The summed E-state index contributed by atoms with van der Waals surface area (Å²) in [6.07, 6.45) is 1.29. The van der Waals surface area contributed by atoms with E-state index in [-0.39, 0.29) is 17.3 Å². The molecule has 0 fully saturated rings. The zero-order chi connectivity index (χ0) is 14.8. The van der Waals surface area contributed by atoms with Gasteiger partial charge in [-0.1, -0.05) is 30.3 Å². The summed E-state index contributed by atoms with van der Waals surface area (Å²) in [4.78, 5) is 23.6. The Hall–Kier alpha value is -2.63. The summed E-state index contributed by atoms with van der Waals surface area (Å²) in [5.74, 6) is -0.687. The second-order valence-electron chi connectivity index (χ2n) is 4.97. The molecule has 2 amide bonds. The van der Waals surface area contributed by atoms with Gasteiger partial charge in [0.25, 0.3) is 5.91 Å². The zero-order valence-corrected chi connectivity index (χ0v) is 11.3. The number of benzene rings is 1. The summed E-state index contributed by atoms with van der Waals surface area (Å²) in [5, 5.41) is 8.92. The van der Waals surface area contributed by atoms with Gasteiger partial charge in [0.2, 0.25) is 5.91 Å². The van der Waals surface area contributed by atoms with E-state index in [1.807, 2.05) is 30.3 Å². The lowest BCUT2D eigenvalue weighted by Gasteiger charge is -2.23. The van der Waals surface area contributed by atoms with Gasteiger partial charge in [-0.2, -0.15) is 5.10 Å². The van der Waals surface area contributed by atoms with Crippen molar-refractivity contribution < 1.29 is 9.59 Å². The number of nitrogens with two attached hydrogens (primary N) is 1. The number of nitrogens with zero attached hydrogens (tertiary/aromatic N) is 1. The first-order valence-electron chi connectivity index (χ1n) is 6.13. The molecule has 0 spiro atoms. The standard InChI is InChI=1S/C14H16N4O2/c1-14(2,9-6-4-3-5-7-9)13(20)17-12-10(11(15)19)8-16-18-12/h3-8H,1-2H3,(H2,15,19)(H2,16,17,18,20). The molecule has 6 heteroatoms. The van der Waals surface area contributed by atoms with Gasteiger partial charge in [-0.15, -0.1) is 0 Å². The fourth-order valence-electron chi connectivity index (χ4n) is 1.82. The van der Waals surface area contributed by atoms with Crippen molar-refractivity contribution in [3.05, 3.63) is 47.7 Å². The average molecular weight is 272 g/mol. The van der Waals surface area contributed by atoms with Crippen LogP contribution in [0.5, 0.6) is 0 Å². The Morgan fingerprint density at radius 2 is 1.90 bits per heavy atom. The van der Waals surface area contributed by atoms with Crippen LogP contribution in [-0.2, 0) is 10.2 Å². The van der Waals surface area contributed by atoms with Crippen molar-refractivity contribution in [1.82, 2.24) is 10.2 Å². The molecule has 6 nitrogen and oxygen atoms in total. The number of carbonyl (C=O) groups excluding carboxylic acids is 2. The Morgan fingerprint density at radius 1 is 1.25 bits per heavy atom. The highest BCUT2D eigenvalue weighted by molar-refractivity contribution is 6.04. The second-order valence-corrected chi connectivity index (χ2v) is 4.97. The van der Waals surface area contributed by atoms with E-state index in [2.05, 4.69) is 15.5 Å². The van der Waals surface area contributed by atoms with Crippen LogP contribution in [0.25, 0.3) is 0 Å². The SMILES string of the molecule is CC(C)(C(=O)Nc1[nH]ncc1C(N)=O)c1ccccc1. The number of aromatic nitrogens is 2. The van der Waals surface area contributed by atoms with E-state index in [9.17, 15) is 9.59 Å². The van der Waals surface area contributed by atoms with Gasteiger partial charge in [0.05, 0.1) is 11.6 Å². The molecule has 0 saturated carbocycles. The Balaban J connectivity index is 2.24. The summed E-state index contributed by atoms with van der Waals surface area (Å²) in [5.41, 5.74) is 5.48. The summed E-state index contributed by atoms with van der Waals surface area (Å²) >= 11 is 0. The first-order valence-corrected chi connectivity index (χ1v) is 6.13. The van der Waals surface area contributed by atoms with Crippen LogP contribution in [0.4, 0.5) is 5.82 Å². The lowest BCUT2D eigenvalue weighted by Crippen LogP contribution is -2.35. The lowest BCUT2D eigenvalue weighted by molar-refractivity contribution is -0.120. The van der Waals surface area contributed by atoms with E-state index in [4.69, 9.17) is 5.73 Å². The van der Waals surface area contributed by atoms with Crippen molar-refractivity contribution in [3.63, 3.8) is 0 Å². The van der Waals surface area contributed by atoms with Crippen molar-refractivity contribution in [2.24, 2.45) is 5.73 Å². The molecule has 0 atom stereocenters. The first-order chi connectivity index (χ1) is 9.43. The van der Waals surface area contributed by atoms with E-state index in [1.54, 1.807) is 13.8 Å². The number of primary amides is 1. The maximum absolute atomic E-state index is 12.4. The van der Waals surface area contributed by atoms with Crippen LogP contribution >= 0.6 is 0 Å². The van der Waals surface area contributed by atoms with Gasteiger partial charge in [-0.25, -0.2) is 0 Å². The molecule has 2 rings (SSSR count). The molecule has 2 aromatic rings. The number of anilines is 1. The van der Waals surface area contributed by atoms with Crippen molar-refractivity contribution in [1.29, 1.82) is 0 Å². The first kappa shape index (κ1) is 13.8. The van der Waals surface area contributed by atoms with Crippen molar-refractivity contribution in [2.45, 2.75) is 19.3 Å². The zero-order valence-electron chi connectivity index (χ0n) is 11.3. The predicted octanol–water partition coefficient (Wildman–Crippen LogP) is 1.42. The molecular weight excluding hydrogens is 256 g/mol. The molecule has 0 saturated heterocycles. The molecule has 20 heavy (non-hydrogen) atoms. The molecule has 1 aromatic heterocycles. The van der Waals surface area contributed by atoms with Gasteiger partial charge < -0.3 is 11.1 Å². The van der Waals surface area contributed by atoms with Crippen LogP contribution in [0.15, 0.2) is 36.5 Å². The number of hydrogen-bond acceptors (Lipinski definition) is 3. The fourth-order valence-corrected chi connectivity index (χ4v) is 1.82. The molecule has 0 aliphatic rings. The maximum atomic E-state index is 12.4. The number of carbonyl (C=O) groups is 2. The highest BCUT2D eigenvalue weighted by atomic mass is 16.2. The number of hydrogen-bond donors (Lipinski definition) is 3. The van der Waals surface area contributed by atoms with Gasteiger partial charge in [0.1, 0.15) is 11.4 Å². The van der Waals surface area contributed by atoms with Crippen molar-refractivity contribution in [3.8, 4) is 0 Å². The van der Waals surface area contributed by atoms with Crippen LogP contribution in [0.2, 0.25) is 0 Å². The monoisotopic (exact) mass is 272 g/mol. The molecule has 0 aliphatic carbocycles. The summed E-state index contributed by atoms with van der Waals surface area (Å²) in [6, 6.07) is 9.38. The molecule has 4 N–H and O–H groups in total. The quantitative estimate of drug-likeness (QED) is 0.784. The molecule has 1 aromatic carbocycles. The average Bonchev–Trinajstić information content (AvgIpc) is 2.88. The van der Waals surface area contributed by atoms with Crippen molar-refractivity contribution >= 4 is 17.6 Å². The number of H-pyrrole nitrogens is 1. The molecule has 0 unspecified atom stereocenters. The van der Waals surface area contributed by atoms with E-state index in [1.165, 1.54) is 6.20 Å². The van der Waals surface area contributed by atoms with Gasteiger partial charge in [0, 0.05) is 0 Å². The molecule has 1 heterocycles. The van der Waals surface area contributed by atoms with E-state index < -0.39 is 11.3 Å². The Kier molecular flexibility index (Phi) is 3.56. The van der Waals surface area contributed by atoms with Gasteiger partial charge in [-0.05, 0) is 19.4 Å². The van der Waals surface area contributed by atoms with E-state index in [0.29, 0.717) is 0 Å². The van der Waals surface area contributed by atoms with E-state index in [0.717, 1.165) is 5.56 Å². The number of amides is 2. The Bertz CT molecular complexity index is 632. The van der Waals surface area contributed by atoms with Gasteiger partial charge in [0.15, 0.2) is 0 Å².